The highest BCUT2D eigenvalue weighted by Crippen LogP contribution is 2.25. The quantitative estimate of drug-likeness (QED) is 0.597. The number of imidazole rings is 1. The van der Waals surface area contributed by atoms with Crippen LogP contribution in [0, 0.1) is 18.7 Å². The number of carbonyl (C=O) groups excluding carboxylic acids is 1. The number of esters is 1. The molecule has 140 valence electrons. The van der Waals surface area contributed by atoms with Crippen molar-refractivity contribution in [3.63, 3.8) is 0 Å². The number of aromatic nitrogens is 2. The maximum absolute atomic E-state index is 13.6. The van der Waals surface area contributed by atoms with E-state index in [-0.39, 0.29) is 17.3 Å². The molecule has 26 heavy (non-hydrogen) atoms. The number of ether oxygens (including phenoxy) is 1. The second-order valence-electron chi connectivity index (χ2n) is 6.41. The van der Waals surface area contributed by atoms with Gasteiger partial charge in [-0.05, 0) is 31.4 Å². The van der Waals surface area contributed by atoms with E-state index in [2.05, 4.69) is 4.98 Å². The molecule has 0 bridgehead atoms. The Kier molecular flexibility index (Phi) is 5.10. The van der Waals surface area contributed by atoms with E-state index in [1.807, 2.05) is 0 Å². The van der Waals surface area contributed by atoms with Gasteiger partial charge in [0.2, 0.25) is 0 Å². The molecule has 0 aliphatic carbocycles. The number of halogens is 1. The van der Waals surface area contributed by atoms with Crippen LogP contribution >= 0.6 is 0 Å². The molecule has 0 saturated carbocycles. The van der Waals surface area contributed by atoms with Crippen molar-refractivity contribution in [3.05, 3.63) is 42.1 Å². The van der Waals surface area contributed by atoms with Gasteiger partial charge in [-0.2, -0.15) is 4.31 Å². The number of hydrogen-bond donors (Lipinski definition) is 0. The van der Waals surface area contributed by atoms with E-state index in [0.717, 1.165) is 6.07 Å². The third-order valence-electron chi connectivity index (χ3n) is 4.36. The van der Waals surface area contributed by atoms with Crippen molar-refractivity contribution in [1.29, 1.82) is 0 Å². The number of piperidine rings is 1. The van der Waals surface area contributed by atoms with Crippen LogP contribution in [0.1, 0.15) is 18.4 Å². The van der Waals surface area contributed by atoms with Gasteiger partial charge in [0.05, 0.1) is 12.2 Å². The Morgan fingerprint density at radius 2 is 2.15 bits per heavy atom. The summed E-state index contributed by atoms with van der Waals surface area (Å²) >= 11 is 0. The molecule has 0 radical (unpaired) electrons. The Balaban J connectivity index is 1.71. The van der Waals surface area contributed by atoms with Crippen LogP contribution < -0.4 is 4.74 Å². The van der Waals surface area contributed by atoms with Crippen LogP contribution in [0.2, 0.25) is 0 Å². The van der Waals surface area contributed by atoms with Crippen LogP contribution in [0.15, 0.2) is 35.7 Å². The minimum absolute atomic E-state index is 0.0199. The largest absolute Gasteiger partial charge is 0.426 e. The molecule has 9 heteroatoms. The monoisotopic (exact) mass is 381 g/mol. The van der Waals surface area contributed by atoms with Crippen molar-refractivity contribution in [2.45, 2.75) is 24.8 Å². The van der Waals surface area contributed by atoms with E-state index in [1.165, 1.54) is 29.0 Å². The zero-order valence-corrected chi connectivity index (χ0v) is 15.4. The van der Waals surface area contributed by atoms with Crippen LogP contribution in [0.4, 0.5) is 4.39 Å². The zero-order chi connectivity index (χ0) is 18.9. The number of carbonyl (C=O) groups is 1. The van der Waals surface area contributed by atoms with Crippen molar-refractivity contribution >= 4 is 16.0 Å². The molecule has 1 saturated heterocycles. The average Bonchev–Trinajstić information content (AvgIpc) is 3.05. The summed E-state index contributed by atoms with van der Waals surface area (Å²) in [6.07, 6.45) is 3.89. The van der Waals surface area contributed by atoms with Crippen LogP contribution in [-0.2, 0) is 21.9 Å². The maximum atomic E-state index is 13.6. The van der Waals surface area contributed by atoms with Gasteiger partial charge in [0.15, 0.2) is 5.03 Å². The number of sulfonamides is 1. The Morgan fingerprint density at radius 1 is 1.38 bits per heavy atom. The number of aryl methyl sites for hydroxylation is 2. The lowest BCUT2D eigenvalue weighted by Crippen LogP contribution is -2.43. The molecule has 1 atom stereocenters. The molecule has 1 aromatic carbocycles. The molecule has 0 amide bonds. The summed E-state index contributed by atoms with van der Waals surface area (Å²) in [6, 6.07) is 4.19. The Labute approximate surface area is 151 Å². The van der Waals surface area contributed by atoms with Crippen molar-refractivity contribution in [3.8, 4) is 5.75 Å². The minimum Gasteiger partial charge on any atom is -0.426 e. The summed E-state index contributed by atoms with van der Waals surface area (Å²) < 4.78 is 46.9. The lowest BCUT2D eigenvalue weighted by molar-refractivity contribution is -0.140. The standard InChI is InChI=1S/C17H20FN3O4S/c1-12-5-6-14(8-15(12)18)25-17(22)13-4-3-7-21(9-13)26(23,24)16-10-20(2)11-19-16/h5-6,8,10-11,13H,3-4,7,9H2,1-2H3/t13-/m0/s1. The predicted octanol–water partition coefficient (Wildman–Crippen LogP) is 1.87. The van der Waals surface area contributed by atoms with Crippen molar-refractivity contribution in [2.24, 2.45) is 13.0 Å². The molecule has 7 nitrogen and oxygen atoms in total. The smallest absolute Gasteiger partial charge is 0.315 e. The Bertz CT molecular complexity index is 926. The van der Waals surface area contributed by atoms with Gasteiger partial charge >= 0.3 is 5.97 Å². The van der Waals surface area contributed by atoms with E-state index in [0.29, 0.717) is 24.9 Å². The maximum Gasteiger partial charge on any atom is 0.315 e. The SMILES string of the molecule is Cc1ccc(OC(=O)[C@H]2CCCN(S(=O)(=O)c3cn(C)cn3)C2)cc1F. The van der Waals surface area contributed by atoms with Gasteiger partial charge in [-0.3, -0.25) is 4.79 Å². The fourth-order valence-corrected chi connectivity index (χ4v) is 4.33. The molecule has 2 heterocycles. The van der Waals surface area contributed by atoms with E-state index in [9.17, 15) is 17.6 Å². The summed E-state index contributed by atoms with van der Waals surface area (Å²) in [5.74, 6) is -1.51. The molecule has 1 aliphatic heterocycles. The van der Waals surface area contributed by atoms with Gasteiger partial charge in [0, 0.05) is 32.4 Å². The van der Waals surface area contributed by atoms with Crippen molar-refractivity contribution in [2.75, 3.05) is 13.1 Å². The molecule has 1 fully saturated rings. The third-order valence-corrected chi connectivity index (χ3v) is 6.12. The van der Waals surface area contributed by atoms with Gasteiger partial charge in [-0.25, -0.2) is 17.8 Å². The molecule has 0 N–H and O–H groups in total. The second kappa shape index (κ2) is 7.16. The molecule has 0 unspecified atom stereocenters. The average molecular weight is 381 g/mol. The van der Waals surface area contributed by atoms with E-state index in [4.69, 9.17) is 4.74 Å². The normalized spacial score (nSPS) is 18.7. The number of rotatable bonds is 4. The van der Waals surface area contributed by atoms with E-state index >= 15 is 0 Å². The third kappa shape index (κ3) is 3.78. The predicted molar refractivity (Wildman–Crippen MR) is 91.5 cm³/mol. The molecular formula is C17H20FN3O4S. The fourth-order valence-electron chi connectivity index (χ4n) is 2.84. The summed E-state index contributed by atoms with van der Waals surface area (Å²) in [5.41, 5.74) is 0.454. The molecule has 1 aliphatic rings. The van der Waals surface area contributed by atoms with E-state index < -0.39 is 27.7 Å². The number of nitrogens with zero attached hydrogens (tertiary/aromatic N) is 3. The molecule has 3 rings (SSSR count). The van der Waals surface area contributed by atoms with Crippen molar-refractivity contribution < 1.29 is 22.3 Å². The lowest BCUT2D eigenvalue weighted by atomic mass is 10.00. The first kappa shape index (κ1) is 18.5. The summed E-state index contributed by atoms with van der Waals surface area (Å²) in [4.78, 5) is 16.3. The van der Waals surface area contributed by atoms with Gasteiger partial charge in [-0.1, -0.05) is 6.07 Å². The number of hydrogen-bond acceptors (Lipinski definition) is 5. The highest BCUT2D eigenvalue weighted by Gasteiger charge is 2.35. The first-order valence-electron chi connectivity index (χ1n) is 8.23. The van der Waals surface area contributed by atoms with Crippen molar-refractivity contribution in [1.82, 2.24) is 13.9 Å². The summed E-state index contributed by atoms with van der Waals surface area (Å²) in [5, 5.41) is -0.0466. The molecule has 2 aromatic rings. The van der Waals surface area contributed by atoms with E-state index in [1.54, 1.807) is 18.5 Å². The zero-order valence-electron chi connectivity index (χ0n) is 14.6. The topological polar surface area (TPSA) is 81.5 Å². The van der Waals surface area contributed by atoms with Gasteiger partial charge in [0.1, 0.15) is 11.6 Å². The van der Waals surface area contributed by atoms with Crippen LogP contribution in [-0.4, -0.2) is 41.3 Å². The minimum atomic E-state index is -3.76. The highest BCUT2D eigenvalue weighted by atomic mass is 32.2. The van der Waals surface area contributed by atoms with Gasteiger partial charge in [0.25, 0.3) is 10.0 Å². The first-order chi connectivity index (χ1) is 12.3. The van der Waals surface area contributed by atoms with Crippen LogP contribution in [0.5, 0.6) is 5.75 Å². The molecule has 1 aromatic heterocycles. The fraction of sp³-hybridized carbons (Fsp3) is 0.412. The first-order valence-corrected chi connectivity index (χ1v) is 9.67. The number of benzene rings is 1. The summed E-state index contributed by atoms with van der Waals surface area (Å²) in [6.45, 7) is 1.95. The Hall–Kier alpha value is -2.26. The Morgan fingerprint density at radius 3 is 2.81 bits per heavy atom. The summed E-state index contributed by atoms with van der Waals surface area (Å²) in [7, 11) is -2.08. The molecule has 0 spiro atoms. The van der Waals surface area contributed by atoms with Crippen LogP contribution in [0.25, 0.3) is 0 Å². The van der Waals surface area contributed by atoms with Crippen LogP contribution in [0.3, 0.4) is 0 Å². The van der Waals surface area contributed by atoms with Gasteiger partial charge < -0.3 is 9.30 Å². The highest BCUT2D eigenvalue weighted by molar-refractivity contribution is 7.89. The second-order valence-corrected chi connectivity index (χ2v) is 8.30. The molecular weight excluding hydrogens is 361 g/mol. The van der Waals surface area contributed by atoms with Gasteiger partial charge in [-0.15, -0.1) is 0 Å². The lowest BCUT2D eigenvalue weighted by Gasteiger charge is -2.30.